The fourth-order valence-electron chi connectivity index (χ4n) is 3.07. The van der Waals surface area contributed by atoms with Gasteiger partial charge in [0, 0.05) is 11.1 Å². The average molecular weight is 365 g/mol. The van der Waals surface area contributed by atoms with E-state index < -0.39 is 6.10 Å². The number of rotatable bonds is 4. The van der Waals surface area contributed by atoms with Gasteiger partial charge in [-0.05, 0) is 43.2 Å². The highest BCUT2D eigenvalue weighted by Crippen LogP contribution is 2.40. The molecule has 1 heterocycles. The lowest BCUT2D eigenvalue weighted by Crippen LogP contribution is -2.51. The standard InChI is InChI=1S/C22H23NO4/c1-5-7-15-8-6-9-18-20(15)27-19(14(2)3)22(25)23(18)21(24)16-10-12-17(26-4)13-11-16/h5-14,19H,1-4H3/b7-5-. The molecule has 0 bridgehead atoms. The van der Waals surface area contributed by atoms with Gasteiger partial charge in [-0.1, -0.05) is 38.1 Å². The molecule has 1 aliphatic rings. The molecule has 2 aromatic carbocycles. The molecule has 3 rings (SSSR count). The second kappa shape index (κ2) is 7.66. The zero-order chi connectivity index (χ0) is 19.6. The topological polar surface area (TPSA) is 55.8 Å². The number of amides is 2. The van der Waals surface area contributed by atoms with E-state index in [9.17, 15) is 9.59 Å². The highest BCUT2D eigenvalue weighted by Gasteiger charge is 2.40. The molecule has 1 unspecified atom stereocenters. The van der Waals surface area contributed by atoms with Crippen LogP contribution in [0, 0.1) is 5.92 Å². The third-order valence-electron chi connectivity index (χ3n) is 4.47. The molecule has 5 heteroatoms. The first-order valence-corrected chi connectivity index (χ1v) is 8.92. The molecular weight excluding hydrogens is 342 g/mol. The van der Waals surface area contributed by atoms with Crippen molar-refractivity contribution in [3.63, 3.8) is 0 Å². The highest BCUT2D eigenvalue weighted by atomic mass is 16.5. The summed E-state index contributed by atoms with van der Waals surface area (Å²) in [4.78, 5) is 27.5. The maximum Gasteiger partial charge on any atom is 0.275 e. The molecule has 140 valence electrons. The van der Waals surface area contributed by atoms with Crippen molar-refractivity contribution < 1.29 is 19.1 Å². The molecule has 1 aliphatic heterocycles. The molecule has 5 nitrogen and oxygen atoms in total. The van der Waals surface area contributed by atoms with Crippen LogP contribution in [0.5, 0.6) is 11.5 Å². The predicted octanol–water partition coefficient (Wildman–Crippen LogP) is 4.32. The number of hydrogen-bond acceptors (Lipinski definition) is 4. The van der Waals surface area contributed by atoms with Crippen LogP contribution in [0.4, 0.5) is 5.69 Å². The van der Waals surface area contributed by atoms with Crippen molar-refractivity contribution in [1.82, 2.24) is 0 Å². The summed E-state index contributed by atoms with van der Waals surface area (Å²) in [6, 6.07) is 12.2. The number of carbonyl (C=O) groups is 2. The molecule has 0 aliphatic carbocycles. The van der Waals surface area contributed by atoms with E-state index in [2.05, 4.69) is 0 Å². The molecule has 0 aromatic heterocycles. The Kier molecular flexibility index (Phi) is 5.31. The molecule has 0 spiro atoms. The molecule has 1 atom stereocenters. The van der Waals surface area contributed by atoms with Crippen LogP contribution in [0.3, 0.4) is 0 Å². The number of allylic oxidation sites excluding steroid dienone is 1. The molecule has 0 radical (unpaired) electrons. The molecule has 27 heavy (non-hydrogen) atoms. The Bertz CT molecular complexity index is 884. The molecule has 0 saturated carbocycles. The predicted molar refractivity (Wildman–Crippen MR) is 105 cm³/mol. The summed E-state index contributed by atoms with van der Waals surface area (Å²) in [5.74, 6) is 0.397. The number of nitrogens with zero attached hydrogens (tertiary/aromatic N) is 1. The van der Waals surface area contributed by atoms with Gasteiger partial charge in [-0.15, -0.1) is 0 Å². The van der Waals surface area contributed by atoms with Crippen LogP contribution in [0.2, 0.25) is 0 Å². The van der Waals surface area contributed by atoms with E-state index in [-0.39, 0.29) is 17.7 Å². The summed E-state index contributed by atoms with van der Waals surface area (Å²) in [5.41, 5.74) is 1.71. The van der Waals surface area contributed by atoms with Gasteiger partial charge in [0.1, 0.15) is 5.75 Å². The van der Waals surface area contributed by atoms with Gasteiger partial charge in [-0.2, -0.15) is 0 Å². The second-order valence-corrected chi connectivity index (χ2v) is 6.69. The quantitative estimate of drug-likeness (QED) is 0.757. The molecule has 2 amide bonds. The summed E-state index contributed by atoms with van der Waals surface area (Å²) < 4.78 is 11.2. The van der Waals surface area contributed by atoms with Gasteiger partial charge >= 0.3 is 0 Å². The molecule has 0 saturated heterocycles. The van der Waals surface area contributed by atoms with Gasteiger partial charge < -0.3 is 9.47 Å². The Hall–Kier alpha value is -3.08. The van der Waals surface area contributed by atoms with Crippen molar-refractivity contribution in [2.24, 2.45) is 5.92 Å². The lowest BCUT2D eigenvalue weighted by atomic mass is 10.0. The normalized spacial score (nSPS) is 16.4. The first kappa shape index (κ1) is 18.7. The Balaban J connectivity index is 2.11. The van der Waals surface area contributed by atoms with Crippen LogP contribution in [0.15, 0.2) is 48.5 Å². The minimum absolute atomic E-state index is 0.0736. The monoisotopic (exact) mass is 365 g/mol. The average Bonchev–Trinajstić information content (AvgIpc) is 2.67. The Morgan fingerprint density at radius 2 is 1.89 bits per heavy atom. The maximum atomic E-state index is 13.2. The third kappa shape index (κ3) is 3.45. The van der Waals surface area contributed by atoms with E-state index in [1.165, 1.54) is 4.90 Å². The van der Waals surface area contributed by atoms with E-state index in [1.807, 2.05) is 45.1 Å². The lowest BCUT2D eigenvalue weighted by Gasteiger charge is -2.35. The van der Waals surface area contributed by atoms with Crippen LogP contribution in [-0.2, 0) is 4.79 Å². The smallest absolute Gasteiger partial charge is 0.275 e. The summed E-state index contributed by atoms with van der Waals surface area (Å²) in [6.45, 7) is 5.72. The molecular formula is C22H23NO4. The number of benzene rings is 2. The van der Waals surface area contributed by atoms with E-state index in [4.69, 9.17) is 9.47 Å². The Morgan fingerprint density at radius 1 is 1.19 bits per heavy atom. The number of para-hydroxylation sites is 1. The van der Waals surface area contributed by atoms with Gasteiger partial charge in [-0.25, -0.2) is 4.90 Å². The third-order valence-corrected chi connectivity index (χ3v) is 4.47. The summed E-state index contributed by atoms with van der Waals surface area (Å²) >= 11 is 0. The van der Waals surface area contributed by atoms with Crippen molar-refractivity contribution in [2.45, 2.75) is 26.9 Å². The first-order chi connectivity index (χ1) is 13.0. The van der Waals surface area contributed by atoms with E-state index in [1.54, 1.807) is 37.4 Å². The second-order valence-electron chi connectivity index (χ2n) is 6.69. The number of methoxy groups -OCH3 is 1. The number of hydrogen-bond donors (Lipinski definition) is 0. The van der Waals surface area contributed by atoms with Gasteiger partial charge in [-0.3, -0.25) is 9.59 Å². The number of anilines is 1. The Morgan fingerprint density at radius 3 is 2.48 bits per heavy atom. The first-order valence-electron chi connectivity index (χ1n) is 8.92. The highest BCUT2D eigenvalue weighted by molar-refractivity contribution is 6.24. The number of fused-ring (bicyclic) bond motifs is 1. The van der Waals surface area contributed by atoms with Crippen LogP contribution in [-0.4, -0.2) is 25.0 Å². The van der Waals surface area contributed by atoms with Crippen LogP contribution in [0.25, 0.3) is 6.08 Å². The van der Waals surface area contributed by atoms with E-state index >= 15 is 0 Å². The largest absolute Gasteiger partial charge is 0.497 e. The zero-order valence-electron chi connectivity index (χ0n) is 15.9. The summed E-state index contributed by atoms with van der Waals surface area (Å²) in [6.07, 6.45) is 3.09. The van der Waals surface area contributed by atoms with Crippen molar-refractivity contribution in [1.29, 1.82) is 0 Å². The Labute approximate surface area is 159 Å². The van der Waals surface area contributed by atoms with E-state index in [0.717, 1.165) is 5.56 Å². The molecule has 0 fully saturated rings. The van der Waals surface area contributed by atoms with Gasteiger partial charge in [0.15, 0.2) is 11.9 Å². The molecule has 2 aromatic rings. The van der Waals surface area contributed by atoms with Crippen molar-refractivity contribution in [3.05, 3.63) is 59.7 Å². The minimum Gasteiger partial charge on any atom is -0.497 e. The fraction of sp³-hybridized carbons (Fsp3) is 0.273. The lowest BCUT2D eigenvalue weighted by molar-refractivity contribution is -0.127. The SMILES string of the molecule is C/C=C\c1cccc2c1OC(C(C)C)C(=O)N2C(=O)c1ccc(OC)cc1. The van der Waals surface area contributed by atoms with Crippen LogP contribution < -0.4 is 14.4 Å². The van der Waals surface area contributed by atoms with Gasteiger partial charge in [0.05, 0.1) is 12.8 Å². The zero-order valence-corrected chi connectivity index (χ0v) is 15.9. The fourth-order valence-corrected chi connectivity index (χ4v) is 3.07. The van der Waals surface area contributed by atoms with Gasteiger partial charge in [0.2, 0.25) is 0 Å². The number of imide groups is 1. The van der Waals surface area contributed by atoms with Crippen molar-refractivity contribution >= 4 is 23.6 Å². The maximum absolute atomic E-state index is 13.2. The van der Waals surface area contributed by atoms with E-state index in [0.29, 0.717) is 22.7 Å². The summed E-state index contributed by atoms with van der Waals surface area (Å²) in [7, 11) is 1.56. The molecule has 0 N–H and O–H groups in total. The van der Waals surface area contributed by atoms with Crippen LogP contribution >= 0.6 is 0 Å². The van der Waals surface area contributed by atoms with Gasteiger partial charge in [0.25, 0.3) is 11.8 Å². The minimum atomic E-state index is -0.717. The van der Waals surface area contributed by atoms with Crippen LogP contribution in [0.1, 0.15) is 36.7 Å². The number of ether oxygens (including phenoxy) is 2. The summed E-state index contributed by atoms with van der Waals surface area (Å²) in [5, 5.41) is 0. The van der Waals surface area contributed by atoms with Crippen molar-refractivity contribution in [2.75, 3.05) is 12.0 Å². The number of carbonyl (C=O) groups excluding carboxylic acids is 2. The van der Waals surface area contributed by atoms with Crippen molar-refractivity contribution in [3.8, 4) is 11.5 Å².